The first kappa shape index (κ1) is 17.7. The minimum atomic E-state index is 0.548. The summed E-state index contributed by atoms with van der Waals surface area (Å²) in [6.07, 6.45) is 1.62. The largest absolute Gasteiger partial charge is 0.493 e. The molecule has 0 radical (unpaired) electrons. The molecule has 0 amide bonds. The molecule has 26 heavy (non-hydrogen) atoms. The minimum absolute atomic E-state index is 0.548. The second-order valence-corrected chi connectivity index (χ2v) is 5.93. The van der Waals surface area contributed by atoms with Crippen molar-refractivity contribution >= 4 is 5.69 Å². The first-order chi connectivity index (χ1) is 12.6. The molecule has 3 aromatic rings. The zero-order chi connectivity index (χ0) is 18.7. The third-order valence-corrected chi connectivity index (χ3v) is 4.20. The van der Waals surface area contributed by atoms with Crippen molar-refractivity contribution in [2.75, 3.05) is 40.3 Å². The Hall–Kier alpha value is -3.15. The lowest BCUT2D eigenvalue weighted by atomic mass is 10.0. The van der Waals surface area contributed by atoms with Crippen molar-refractivity contribution in [3.63, 3.8) is 0 Å². The second kappa shape index (κ2) is 7.39. The minimum Gasteiger partial charge on any atom is -0.493 e. The van der Waals surface area contributed by atoms with Gasteiger partial charge in [-0.15, -0.1) is 0 Å². The average molecular weight is 354 g/mol. The van der Waals surface area contributed by atoms with Crippen molar-refractivity contribution in [1.29, 1.82) is 0 Å². The smallest absolute Gasteiger partial charge is 0.203 e. The SMILES string of the molecule is COc1cc(-c2conc2-c2ccc(N(C)C)cc2)cc(OC)c1OC. The number of aromatic nitrogens is 1. The Labute approximate surface area is 152 Å². The van der Waals surface area contributed by atoms with E-state index in [0.717, 1.165) is 28.1 Å². The van der Waals surface area contributed by atoms with Crippen molar-refractivity contribution in [2.45, 2.75) is 0 Å². The first-order valence-corrected chi connectivity index (χ1v) is 8.11. The van der Waals surface area contributed by atoms with E-state index in [1.54, 1.807) is 27.6 Å². The summed E-state index contributed by atoms with van der Waals surface area (Å²) in [5, 5.41) is 4.19. The number of hydrogen-bond donors (Lipinski definition) is 0. The summed E-state index contributed by atoms with van der Waals surface area (Å²) in [5.41, 5.74) is 4.55. The highest BCUT2D eigenvalue weighted by Crippen LogP contribution is 2.43. The lowest BCUT2D eigenvalue weighted by molar-refractivity contribution is 0.324. The van der Waals surface area contributed by atoms with Gasteiger partial charge in [-0.05, 0) is 29.8 Å². The Bertz CT molecular complexity index is 860. The highest BCUT2D eigenvalue weighted by atomic mass is 16.5. The summed E-state index contributed by atoms with van der Waals surface area (Å²) in [5.74, 6) is 1.71. The summed E-state index contributed by atoms with van der Waals surface area (Å²) < 4.78 is 21.5. The normalized spacial score (nSPS) is 10.5. The van der Waals surface area contributed by atoms with E-state index in [1.807, 2.05) is 55.4 Å². The fraction of sp³-hybridized carbons (Fsp3) is 0.250. The van der Waals surface area contributed by atoms with Crippen LogP contribution in [0.2, 0.25) is 0 Å². The third kappa shape index (κ3) is 3.18. The van der Waals surface area contributed by atoms with Crippen LogP contribution in [-0.2, 0) is 0 Å². The molecule has 136 valence electrons. The lowest BCUT2D eigenvalue weighted by Gasteiger charge is -2.14. The van der Waals surface area contributed by atoms with Crippen molar-refractivity contribution in [2.24, 2.45) is 0 Å². The Morgan fingerprint density at radius 3 is 1.96 bits per heavy atom. The number of rotatable bonds is 6. The van der Waals surface area contributed by atoms with Crippen LogP contribution in [0.15, 0.2) is 47.2 Å². The van der Waals surface area contributed by atoms with Crippen LogP contribution in [0.5, 0.6) is 17.2 Å². The Balaban J connectivity index is 2.08. The van der Waals surface area contributed by atoms with Gasteiger partial charge in [-0.3, -0.25) is 0 Å². The molecular weight excluding hydrogens is 332 g/mol. The molecule has 1 aromatic heterocycles. The fourth-order valence-electron chi connectivity index (χ4n) is 2.80. The van der Waals surface area contributed by atoms with Gasteiger partial charge in [0.2, 0.25) is 5.75 Å². The van der Waals surface area contributed by atoms with Gasteiger partial charge in [0.15, 0.2) is 11.5 Å². The summed E-state index contributed by atoms with van der Waals surface area (Å²) in [7, 11) is 8.78. The van der Waals surface area contributed by atoms with Crippen LogP contribution in [0.1, 0.15) is 0 Å². The standard InChI is InChI=1S/C20H22N2O4/c1-22(2)15-8-6-13(7-9-15)19-16(12-26-21-19)14-10-17(23-3)20(25-5)18(11-14)24-4/h6-12H,1-5H3. The first-order valence-electron chi connectivity index (χ1n) is 8.11. The molecule has 0 aliphatic carbocycles. The zero-order valence-electron chi connectivity index (χ0n) is 15.6. The van der Waals surface area contributed by atoms with Gasteiger partial charge >= 0.3 is 0 Å². The molecule has 3 rings (SSSR count). The van der Waals surface area contributed by atoms with E-state index in [2.05, 4.69) is 5.16 Å². The highest BCUT2D eigenvalue weighted by molar-refractivity contribution is 5.82. The van der Waals surface area contributed by atoms with Gasteiger partial charge in [0.1, 0.15) is 12.0 Å². The van der Waals surface area contributed by atoms with Gasteiger partial charge in [-0.2, -0.15) is 0 Å². The molecule has 6 nitrogen and oxygen atoms in total. The summed E-state index contributed by atoms with van der Waals surface area (Å²) in [4.78, 5) is 2.05. The van der Waals surface area contributed by atoms with Crippen LogP contribution in [-0.4, -0.2) is 40.6 Å². The Kier molecular flexibility index (Phi) is 5.02. The Morgan fingerprint density at radius 2 is 1.46 bits per heavy atom. The topological polar surface area (TPSA) is 57.0 Å². The number of anilines is 1. The van der Waals surface area contributed by atoms with Crippen LogP contribution in [0, 0.1) is 0 Å². The van der Waals surface area contributed by atoms with E-state index in [1.165, 1.54) is 0 Å². The molecule has 0 saturated heterocycles. The van der Waals surface area contributed by atoms with Gasteiger partial charge < -0.3 is 23.6 Å². The molecule has 0 bridgehead atoms. The van der Waals surface area contributed by atoms with Gasteiger partial charge in [-0.25, -0.2) is 0 Å². The molecule has 0 atom stereocenters. The van der Waals surface area contributed by atoms with Gasteiger partial charge in [0.25, 0.3) is 0 Å². The Morgan fingerprint density at radius 1 is 0.846 bits per heavy atom. The maximum absolute atomic E-state index is 5.44. The average Bonchev–Trinajstić information content (AvgIpc) is 3.16. The molecule has 0 N–H and O–H groups in total. The van der Waals surface area contributed by atoms with Crippen LogP contribution in [0.4, 0.5) is 5.69 Å². The van der Waals surface area contributed by atoms with Crippen LogP contribution >= 0.6 is 0 Å². The highest BCUT2D eigenvalue weighted by Gasteiger charge is 2.18. The number of hydrogen-bond acceptors (Lipinski definition) is 6. The fourth-order valence-corrected chi connectivity index (χ4v) is 2.80. The molecule has 0 unspecified atom stereocenters. The van der Waals surface area contributed by atoms with Gasteiger partial charge in [-0.1, -0.05) is 17.3 Å². The number of methoxy groups -OCH3 is 3. The zero-order valence-corrected chi connectivity index (χ0v) is 15.6. The molecular formula is C20H22N2O4. The molecule has 0 fully saturated rings. The number of ether oxygens (including phenoxy) is 3. The maximum Gasteiger partial charge on any atom is 0.203 e. The number of benzene rings is 2. The molecule has 1 heterocycles. The van der Waals surface area contributed by atoms with Crippen LogP contribution in [0.3, 0.4) is 0 Å². The second-order valence-electron chi connectivity index (χ2n) is 5.93. The predicted molar refractivity (Wildman–Crippen MR) is 101 cm³/mol. The van der Waals surface area contributed by atoms with Crippen molar-refractivity contribution in [1.82, 2.24) is 5.16 Å². The molecule has 0 aliphatic rings. The van der Waals surface area contributed by atoms with E-state index < -0.39 is 0 Å². The third-order valence-electron chi connectivity index (χ3n) is 4.20. The predicted octanol–water partition coefficient (Wildman–Crippen LogP) is 4.10. The molecule has 2 aromatic carbocycles. The van der Waals surface area contributed by atoms with E-state index in [-0.39, 0.29) is 0 Å². The van der Waals surface area contributed by atoms with Crippen molar-refractivity contribution < 1.29 is 18.7 Å². The van der Waals surface area contributed by atoms with Gasteiger partial charge in [0.05, 0.1) is 21.3 Å². The van der Waals surface area contributed by atoms with E-state index in [4.69, 9.17) is 18.7 Å². The van der Waals surface area contributed by atoms with Crippen molar-refractivity contribution in [3.05, 3.63) is 42.7 Å². The quantitative estimate of drug-likeness (QED) is 0.664. The summed E-state index contributed by atoms with van der Waals surface area (Å²) >= 11 is 0. The van der Waals surface area contributed by atoms with E-state index in [0.29, 0.717) is 17.2 Å². The molecule has 6 heteroatoms. The maximum atomic E-state index is 5.44. The van der Waals surface area contributed by atoms with Crippen LogP contribution < -0.4 is 19.1 Å². The van der Waals surface area contributed by atoms with E-state index in [9.17, 15) is 0 Å². The van der Waals surface area contributed by atoms with Crippen molar-refractivity contribution in [3.8, 4) is 39.6 Å². The number of nitrogens with zero attached hydrogens (tertiary/aromatic N) is 2. The molecule has 0 spiro atoms. The van der Waals surface area contributed by atoms with Crippen LogP contribution in [0.25, 0.3) is 22.4 Å². The molecule has 0 aliphatic heterocycles. The summed E-state index contributed by atoms with van der Waals surface area (Å²) in [6, 6.07) is 11.9. The molecule has 0 saturated carbocycles. The summed E-state index contributed by atoms with van der Waals surface area (Å²) in [6.45, 7) is 0. The monoisotopic (exact) mass is 354 g/mol. The van der Waals surface area contributed by atoms with E-state index >= 15 is 0 Å². The van der Waals surface area contributed by atoms with Gasteiger partial charge in [0, 0.05) is 30.9 Å². The lowest BCUT2D eigenvalue weighted by Crippen LogP contribution is -2.07.